The van der Waals surface area contributed by atoms with Crippen molar-refractivity contribution in [2.45, 2.75) is 6.92 Å². The maximum atomic E-state index is 12.5. The van der Waals surface area contributed by atoms with E-state index in [-0.39, 0.29) is 34.9 Å². The third-order valence-corrected chi connectivity index (χ3v) is 4.39. The molecule has 0 aliphatic rings. The Morgan fingerprint density at radius 3 is 2.72 bits per heavy atom. The largest absolute Gasteiger partial charge is 0.456 e. The van der Waals surface area contributed by atoms with Crippen molar-refractivity contribution in [3.8, 4) is 17.2 Å². The van der Waals surface area contributed by atoms with Crippen molar-refractivity contribution in [2.24, 2.45) is 0 Å². The number of nitrogens with zero attached hydrogens (tertiary/aromatic N) is 2. The summed E-state index contributed by atoms with van der Waals surface area (Å²) in [5, 5.41) is 2.99. The molecule has 4 rings (SSSR count). The van der Waals surface area contributed by atoms with Crippen LogP contribution in [0.1, 0.15) is 17.3 Å². The predicted molar refractivity (Wildman–Crippen MR) is 116 cm³/mol. The monoisotopic (exact) mass is 431 g/mol. The van der Waals surface area contributed by atoms with E-state index in [9.17, 15) is 14.4 Å². The minimum Gasteiger partial charge on any atom is -0.456 e. The maximum absolute atomic E-state index is 12.5. The van der Waals surface area contributed by atoms with Gasteiger partial charge in [-0.3, -0.25) is 15.1 Å². The molecule has 0 aliphatic carbocycles. The highest BCUT2D eigenvalue weighted by Gasteiger charge is 2.17. The molecule has 3 heterocycles. The van der Waals surface area contributed by atoms with Gasteiger partial charge in [-0.15, -0.1) is 0 Å². The van der Waals surface area contributed by atoms with Gasteiger partial charge >= 0.3 is 12.1 Å². The Bertz CT molecular complexity index is 1350. The smallest absolute Gasteiger partial charge is 0.411 e. The van der Waals surface area contributed by atoms with E-state index in [1.165, 1.54) is 30.7 Å². The van der Waals surface area contributed by atoms with Crippen molar-refractivity contribution in [1.29, 1.82) is 0 Å². The van der Waals surface area contributed by atoms with Crippen LogP contribution in [0.5, 0.6) is 5.88 Å². The Morgan fingerprint density at radius 1 is 1.09 bits per heavy atom. The molecule has 9 heteroatoms. The van der Waals surface area contributed by atoms with Crippen LogP contribution in [0.25, 0.3) is 22.3 Å². The first-order valence-corrected chi connectivity index (χ1v) is 9.64. The number of ether oxygens (including phenoxy) is 2. The summed E-state index contributed by atoms with van der Waals surface area (Å²) >= 11 is 0. The lowest BCUT2D eigenvalue weighted by Gasteiger charge is -2.12. The molecule has 0 fully saturated rings. The molecule has 0 radical (unpaired) electrons. The van der Waals surface area contributed by atoms with Crippen LogP contribution in [0.4, 0.5) is 10.5 Å². The van der Waals surface area contributed by atoms with E-state index in [1.54, 1.807) is 43.3 Å². The summed E-state index contributed by atoms with van der Waals surface area (Å²) in [6.45, 7) is 1.82. The summed E-state index contributed by atoms with van der Waals surface area (Å²) in [6.07, 6.45) is 3.49. The molecule has 0 bridgehead atoms. The zero-order chi connectivity index (χ0) is 22.5. The highest BCUT2D eigenvalue weighted by Crippen LogP contribution is 2.31. The number of amides is 1. The van der Waals surface area contributed by atoms with Crippen molar-refractivity contribution < 1.29 is 23.5 Å². The third-order valence-electron chi connectivity index (χ3n) is 4.39. The number of nitrogens with one attached hydrogen (secondary N) is 1. The fourth-order valence-electron chi connectivity index (χ4n) is 2.94. The van der Waals surface area contributed by atoms with Gasteiger partial charge in [0.15, 0.2) is 5.43 Å². The van der Waals surface area contributed by atoms with Crippen LogP contribution < -0.4 is 15.5 Å². The van der Waals surface area contributed by atoms with Crippen molar-refractivity contribution in [3.05, 3.63) is 82.9 Å². The average Bonchev–Trinajstić information content (AvgIpc) is 2.80. The molecular weight excluding hydrogens is 414 g/mol. The first-order chi connectivity index (χ1) is 15.5. The number of carbonyl (C=O) groups excluding carboxylic acids is 2. The lowest BCUT2D eigenvalue weighted by molar-refractivity contribution is 0.0727. The van der Waals surface area contributed by atoms with Gasteiger partial charge in [0.05, 0.1) is 28.8 Å². The normalized spacial score (nSPS) is 10.5. The number of esters is 1. The number of fused-ring (bicyclic) bond motifs is 1. The van der Waals surface area contributed by atoms with Crippen LogP contribution in [0.3, 0.4) is 0 Å². The summed E-state index contributed by atoms with van der Waals surface area (Å²) < 4.78 is 16.1. The third kappa shape index (κ3) is 4.46. The van der Waals surface area contributed by atoms with E-state index >= 15 is 0 Å². The number of hydrogen-bond acceptors (Lipinski definition) is 8. The van der Waals surface area contributed by atoms with Crippen LogP contribution in [-0.2, 0) is 4.74 Å². The van der Waals surface area contributed by atoms with E-state index in [1.807, 2.05) is 0 Å². The second kappa shape index (κ2) is 9.09. The summed E-state index contributed by atoms with van der Waals surface area (Å²) in [7, 11) is 0. The van der Waals surface area contributed by atoms with E-state index in [0.29, 0.717) is 16.5 Å². The zero-order valence-electron chi connectivity index (χ0n) is 16.9. The molecule has 0 spiro atoms. The minimum absolute atomic E-state index is 0.0717. The second-order valence-corrected chi connectivity index (χ2v) is 6.52. The predicted octanol–water partition coefficient (Wildman–Crippen LogP) is 4.04. The minimum atomic E-state index is -0.729. The Hall–Kier alpha value is -4.53. The zero-order valence-corrected chi connectivity index (χ0v) is 16.9. The molecule has 32 heavy (non-hydrogen) atoms. The van der Waals surface area contributed by atoms with Crippen LogP contribution in [-0.4, -0.2) is 28.6 Å². The Labute approximate surface area is 181 Å². The second-order valence-electron chi connectivity index (χ2n) is 6.52. The van der Waals surface area contributed by atoms with Crippen molar-refractivity contribution in [2.75, 3.05) is 11.9 Å². The van der Waals surface area contributed by atoms with Gasteiger partial charge in [0.2, 0.25) is 5.88 Å². The lowest BCUT2D eigenvalue weighted by atomic mass is 10.1. The van der Waals surface area contributed by atoms with Crippen LogP contribution in [0, 0.1) is 0 Å². The lowest BCUT2D eigenvalue weighted by Crippen LogP contribution is -2.15. The average molecular weight is 431 g/mol. The van der Waals surface area contributed by atoms with Gasteiger partial charge in [-0.2, -0.15) is 0 Å². The highest BCUT2D eigenvalue weighted by atomic mass is 16.5. The molecule has 0 aliphatic heterocycles. The van der Waals surface area contributed by atoms with E-state index in [4.69, 9.17) is 13.9 Å². The van der Waals surface area contributed by atoms with Crippen molar-refractivity contribution >= 4 is 28.7 Å². The SMILES string of the molecule is CCOC(=O)Nc1cc(OC(=O)c2cccnc2)ncc1-c1cc(=O)c2ccccc2o1. The quantitative estimate of drug-likeness (QED) is 0.470. The van der Waals surface area contributed by atoms with Gasteiger partial charge in [-0.1, -0.05) is 12.1 Å². The first kappa shape index (κ1) is 20.7. The Morgan fingerprint density at radius 2 is 1.94 bits per heavy atom. The Balaban J connectivity index is 1.74. The van der Waals surface area contributed by atoms with Gasteiger partial charge in [0.25, 0.3) is 0 Å². The van der Waals surface area contributed by atoms with Crippen LogP contribution >= 0.6 is 0 Å². The van der Waals surface area contributed by atoms with Gasteiger partial charge in [0, 0.05) is 30.7 Å². The van der Waals surface area contributed by atoms with Gasteiger partial charge < -0.3 is 13.9 Å². The topological polar surface area (TPSA) is 121 Å². The molecule has 0 unspecified atom stereocenters. The number of hydrogen-bond donors (Lipinski definition) is 1. The van der Waals surface area contributed by atoms with Gasteiger partial charge in [0.1, 0.15) is 11.3 Å². The molecule has 160 valence electrons. The summed E-state index contributed by atoms with van der Waals surface area (Å²) in [5.41, 5.74) is 0.854. The molecule has 1 N–H and O–H groups in total. The number of para-hydroxylation sites is 1. The number of pyridine rings is 2. The van der Waals surface area contributed by atoms with E-state index in [0.717, 1.165) is 0 Å². The molecule has 4 aromatic rings. The maximum Gasteiger partial charge on any atom is 0.411 e. The van der Waals surface area contributed by atoms with Crippen molar-refractivity contribution in [1.82, 2.24) is 9.97 Å². The van der Waals surface area contributed by atoms with E-state index in [2.05, 4.69) is 15.3 Å². The number of carbonyl (C=O) groups is 2. The summed E-state index contributed by atoms with van der Waals surface area (Å²) in [4.78, 5) is 44.9. The van der Waals surface area contributed by atoms with Crippen LogP contribution in [0.15, 0.2) is 76.3 Å². The molecule has 3 aromatic heterocycles. The van der Waals surface area contributed by atoms with Crippen molar-refractivity contribution in [3.63, 3.8) is 0 Å². The standard InChI is InChI=1S/C23H17N3O6/c1-2-30-23(29)26-17-10-21(32-22(28)14-6-5-9-24-12-14)25-13-16(17)20-11-18(27)15-7-3-4-8-19(15)31-20/h3-13H,2H2,1H3,(H,25,26,29). The molecule has 9 nitrogen and oxygen atoms in total. The number of anilines is 1. The highest BCUT2D eigenvalue weighted by molar-refractivity contribution is 5.93. The molecule has 0 atom stereocenters. The molecule has 0 saturated heterocycles. The molecule has 1 aromatic carbocycles. The van der Waals surface area contributed by atoms with Crippen LogP contribution in [0.2, 0.25) is 0 Å². The molecular formula is C23H17N3O6. The number of aromatic nitrogens is 2. The number of benzene rings is 1. The number of rotatable bonds is 5. The van der Waals surface area contributed by atoms with Gasteiger partial charge in [-0.25, -0.2) is 14.6 Å². The first-order valence-electron chi connectivity index (χ1n) is 9.64. The summed E-state index contributed by atoms with van der Waals surface area (Å²) in [5.74, 6) is -0.562. The summed E-state index contributed by atoms with van der Waals surface area (Å²) in [6, 6.07) is 12.6. The fraction of sp³-hybridized carbons (Fsp3) is 0.0870. The fourth-order valence-corrected chi connectivity index (χ4v) is 2.94. The van der Waals surface area contributed by atoms with E-state index < -0.39 is 12.1 Å². The molecule has 0 saturated carbocycles. The van der Waals surface area contributed by atoms with Gasteiger partial charge in [-0.05, 0) is 31.2 Å². The molecule has 1 amide bonds. The Kier molecular flexibility index (Phi) is 5.89.